The molecule has 0 aliphatic heterocycles. The summed E-state index contributed by atoms with van der Waals surface area (Å²) in [6.07, 6.45) is 1.92. The van der Waals surface area contributed by atoms with Gasteiger partial charge in [0.25, 0.3) is 0 Å². The van der Waals surface area contributed by atoms with E-state index >= 15 is 0 Å². The van der Waals surface area contributed by atoms with Crippen LogP contribution in [0.15, 0.2) is 0 Å². The molecule has 0 aliphatic rings. The summed E-state index contributed by atoms with van der Waals surface area (Å²) >= 11 is 0. The number of amides is 1. The SMILES string of the molecule is CCCCOC(=O)CNCCNC(C)=O. The summed E-state index contributed by atoms with van der Waals surface area (Å²) in [6, 6.07) is 0. The first-order valence-corrected chi connectivity index (χ1v) is 5.27. The molecule has 0 unspecified atom stereocenters. The molecule has 5 heteroatoms. The minimum Gasteiger partial charge on any atom is -0.465 e. The third kappa shape index (κ3) is 10.8. The molecule has 0 aromatic rings. The van der Waals surface area contributed by atoms with Gasteiger partial charge in [0.15, 0.2) is 0 Å². The molecule has 0 aromatic carbocycles. The lowest BCUT2D eigenvalue weighted by Crippen LogP contribution is -2.33. The number of hydrogen-bond acceptors (Lipinski definition) is 4. The summed E-state index contributed by atoms with van der Waals surface area (Å²) < 4.78 is 4.92. The lowest BCUT2D eigenvalue weighted by Gasteiger charge is -2.05. The average molecular weight is 216 g/mol. The molecule has 0 radical (unpaired) electrons. The highest BCUT2D eigenvalue weighted by atomic mass is 16.5. The van der Waals surface area contributed by atoms with Gasteiger partial charge >= 0.3 is 5.97 Å². The van der Waals surface area contributed by atoms with Gasteiger partial charge in [-0.3, -0.25) is 9.59 Å². The lowest BCUT2D eigenvalue weighted by atomic mass is 10.4. The van der Waals surface area contributed by atoms with Crippen molar-refractivity contribution in [3.63, 3.8) is 0 Å². The van der Waals surface area contributed by atoms with Crippen molar-refractivity contribution >= 4 is 11.9 Å². The first-order chi connectivity index (χ1) is 7.16. The number of carbonyl (C=O) groups is 2. The Bertz CT molecular complexity index is 195. The van der Waals surface area contributed by atoms with Gasteiger partial charge < -0.3 is 15.4 Å². The highest BCUT2D eigenvalue weighted by Gasteiger charge is 2.00. The zero-order chi connectivity index (χ0) is 11.5. The number of unbranched alkanes of at least 4 members (excludes halogenated alkanes) is 1. The predicted octanol–water partition coefficient (Wildman–Crippen LogP) is 0.0554. The van der Waals surface area contributed by atoms with E-state index in [-0.39, 0.29) is 18.4 Å². The van der Waals surface area contributed by atoms with Crippen LogP contribution in [0.5, 0.6) is 0 Å². The molecule has 1 amide bonds. The minimum absolute atomic E-state index is 0.0673. The van der Waals surface area contributed by atoms with Crippen LogP contribution in [0.1, 0.15) is 26.7 Å². The molecule has 0 heterocycles. The van der Waals surface area contributed by atoms with Crippen LogP contribution in [0.2, 0.25) is 0 Å². The number of esters is 1. The van der Waals surface area contributed by atoms with Gasteiger partial charge in [0.2, 0.25) is 5.91 Å². The third-order valence-corrected chi connectivity index (χ3v) is 1.71. The van der Waals surface area contributed by atoms with E-state index < -0.39 is 0 Å². The van der Waals surface area contributed by atoms with Crippen LogP contribution in [0.25, 0.3) is 0 Å². The molecule has 0 atom stereocenters. The Morgan fingerprint density at radius 3 is 2.60 bits per heavy atom. The molecule has 0 saturated heterocycles. The normalized spacial score (nSPS) is 9.73. The minimum atomic E-state index is -0.244. The van der Waals surface area contributed by atoms with Crippen LogP contribution >= 0.6 is 0 Å². The van der Waals surface area contributed by atoms with Crippen LogP contribution in [0.4, 0.5) is 0 Å². The van der Waals surface area contributed by atoms with Crippen molar-refractivity contribution in [3.8, 4) is 0 Å². The topological polar surface area (TPSA) is 67.4 Å². The highest BCUT2D eigenvalue weighted by Crippen LogP contribution is 1.87. The molecule has 0 spiro atoms. The Kier molecular flexibility index (Phi) is 8.76. The number of hydrogen-bond donors (Lipinski definition) is 2. The number of ether oxygens (including phenoxy) is 1. The Balaban J connectivity index is 3.20. The van der Waals surface area contributed by atoms with E-state index in [0.29, 0.717) is 19.7 Å². The Morgan fingerprint density at radius 2 is 2.00 bits per heavy atom. The van der Waals surface area contributed by atoms with Gasteiger partial charge in [-0.2, -0.15) is 0 Å². The third-order valence-electron chi connectivity index (χ3n) is 1.71. The van der Waals surface area contributed by atoms with Crippen molar-refractivity contribution in [2.75, 3.05) is 26.2 Å². The number of carbonyl (C=O) groups excluding carboxylic acids is 2. The van der Waals surface area contributed by atoms with E-state index in [1.165, 1.54) is 6.92 Å². The number of rotatable bonds is 8. The van der Waals surface area contributed by atoms with Crippen LogP contribution in [-0.4, -0.2) is 38.1 Å². The maximum atomic E-state index is 11.0. The van der Waals surface area contributed by atoms with E-state index in [2.05, 4.69) is 10.6 Å². The highest BCUT2D eigenvalue weighted by molar-refractivity contribution is 5.73. The molecule has 15 heavy (non-hydrogen) atoms. The van der Waals surface area contributed by atoms with Gasteiger partial charge in [-0.15, -0.1) is 0 Å². The summed E-state index contributed by atoms with van der Waals surface area (Å²) in [5.41, 5.74) is 0. The van der Waals surface area contributed by atoms with Crippen LogP contribution in [-0.2, 0) is 14.3 Å². The second-order valence-electron chi connectivity index (χ2n) is 3.23. The Morgan fingerprint density at radius 1 is 1.27 bits per heavy atom. The van der Waals surface area contributed by atoms with E-state index in [1.807, 2.05) is 6.92 Å². The fourth-order valence-corrected chi connectivity index (χ4v) is 0.899. The molecule has 0 rings (SSSR count). The molecule has 0 saturated carbocycles. The molecular formula is C10H20N2O3. The maximum Gasteiger partial charge on any atom is 0.319 e. The smallest absolute Gasteiger partial charge is 0.319 e. The molecule has 0 aromatic heterocycles. The molecule has 2 N–H and O–H groups in total. The first kappa shape index (κ1) is 13.9. The zero-order valence-electron chi connectivity index (χ0n) is 9.47. The van der Waals surface area contributed by atoms with Crippen LogP contribution < -0.4 is 10.6 Å². The first-order valence-electron chi connectivity index (χ1n) is 5.27. The fraction of sp³-hybridized carbons (Fsp3) is 0.800. The summed E-state index contributed by atoms with van der Waals surface area (Å²) in [5.74, 6) is -0.311. The van der Waals surface area contributed by atoms with Gasteiger partial charge in [0, 0.05) is 20.0 Å². The molecular weight excluding hydrogens is 196 g/mol. The molecule has 5 nitrogen and oxygen atoms in total. The second kappa shape index (κ2) is 9.45. The zero-order valence-corrected chi connectivity index (χ0v) is 9.47. The van der Waals surface area contributed by atoms with Gasteiger partial charge in [-0.05, 0) is 6.42 Å². The van der Waals surface area contributed by atoms with Crippen molar-refractivity contribution in [2.24, 2.45) is 0 Å². The van der Waals surface area contributed by atoms with Crippen molar-refractivity contribution in [2.45, 2.75) is 26.7 Å². The van der Waals surface area contributed by atoms with Crippen molar-refractivity contribution < 1.29 is 14.3 Å². The number of nitrogens with one attached hydrogen (secondary N) is 2. The second-order valence-corrected chi connectivity index (χ2v) is 3.23. The Labute approximate surface area is 90.6 Å². The largest absolute Gasteiger partial charge is 0.465 e. The standard InChI is InChI=1S/C10H20N2O3/c1-3-4-7-15-10(14)8-11-5-6-12-9(2)13/h11H,3-8H2,1-2H3,(H,12,13). The van der Waals surface area contributed by atoms with Gasteiger partial charge in [-0.25, -0.2) is 0 Å². The van der Waals surface area contributed by atoms with Gasteiger partial charge in [-0.1, -0.05) is 13.3 Å². The predicted molar refractivity (Wildman–Crippen MR) is 57.4 cm³/mol. The Hall–Kier alpha value is -1.10. The summed E-state index contributed by atoms with van der Waals surface area (Å²) in [4.78, 5) is 21.5. The van der Waals surface area contributed by atoms with E-state index in [0.717, 1.165) is 12.8 Å². The molecule has 0 fully saturated rings. The summed E-state index contributed by atoms with van der Waals surface area (Å²) in [7, 11) is 0. The van der Waals surface area contributed by atoms with Crippen molar-refractivity contribution in [1.82, 2.24) is 10.6 Å². The van der Waals surface area contributed by atoms with E-state index in [9.17, 15) is 9.59 Å². The fourth-order valence-electron chi connectivity index (χ4n) is 0.899. The van der Waals surface area contributed by atoms with Crippen molar-refractivity contribution in [3.05, 3.63) is 0 Å². The summed E-state index contributed by atoms with van der Waals surface area (Å²) in [5, 5.41) is 5.50. The molecule has 0 bridgehead atoms. The van der Waals surface area contributed by atoms with E-state index in [4.69, 9.17) is 4.74 Å². The monoisotopic (exact) mass is 216 g/mol. The summed E-state index contributed by atoms with van der Waals surface area (Å²) in [6.45, 7) is 5.28. The quantitative estimate of drug-likeness (QED) is 0.444. The molecule has 88 valence electrons. The lowest BCUT2D eigenvalue weighted by molar-refractivity contribution is -0.142. The van der Waals surface area contributed by atoms with E-state index in [1.54, 1.807) is 0 Å². The maximum absolute atomic E-state index is 11.0. The molecule has 0 aliphatic carbocycles. The average Bonchev–Trinajstić information content (AvgIpc) is 2.17. The van der Waals surface area contributed by atoms with Crippen LogP contribution in [0, 0.1) is 0 Å². The van der Waals surface area contributed by atoms with Crippen LogP contribution in [0.3, 0.4) is 0 Å². The van der Waals surface area contributed by atoms with Gasteiger partial charge in [0.05, 0.1) is 13.2 Å². The van der Waals surface area contributed by atoms with Crippen molar-refractivity contribution in [1.29, 1.82) is 0 Å². The van der Waals surface area contributed by atoms with Gasteiger partial charge in [0.1, 0.15) is 0 Å².